The van der Waals surface area contributed by atoms with Crippen molar-refractivity contribution < 1.29 is 14.3 Å². The summed E-state index contributed by atoms with van der Waals surface area (Å²) in [6, 6.07) is 34.8. The molecule has 4 aliphatic rings. The van der Waals surface area contributed by atoms with Crippen LogP contribution < -0.4 is 15.6 Å². The molecule has 2 N–H and O–H groups in total. The number of benzene rings is 4. The third kappa shape index (κ3) is 4.31. The first-order valence-corrected chi connectivity index (χ1v) is 15.4. The summed E-state index contributed by atoms with van der Waals surface area (Å²) in [7, 11) is 1.63. The van der Waals surface area contributed by atoms with Gasteiger partial charge < -0.3 is 9.64 Å². The molecule has 4 aromatic carbocycles. The van der Waals surface area contributed by atoms with Crippen LogP contribution in [-0.4, -0.2) is 36.9 Å². The molecule has 0 radical (unpaired) electrons. The maximum atomic E-state index is 14.7. The first kappa shape index (κ1) is 28.0. The molecule has 4 aromatic rings. The number of aryl methyl sites for hydroxylation is 1. The van der Waals surface area contributed by atoms with Crippen molar-refractivity contribution in [1.29, 1.82) is 0 Å². The minimum Gasteiger partial charge on any atom is -0.496 e. The molecule has 1 heterocycles. The molecule has 6 heteroatoms. The number of hydrogen-bond donors (Lipinski definition) is 2. The van der Waals surface area contributed by atoms with Gasteiger partial charge in [0.1, 0.15) is 5.75 Å². The molecule has 8 rings (SSSR count). The second kappa shape index (κ2) is 11.0. The summed E-state index contributed by atoms with van der Waals surface area (Å²) in [5.41, 5.74) is 11.6. The molecular weight excluding hydrogens is 546 g/mol. The molecule has 3 aliphatic carbocycles. The van der Waals surface area contributed by atoms with Gasteiger partial charge in [-0.05, 0) is 60.7 Å². The lowest BCUT2D eigenvalue weighted by molar-refractivity contribution is -0.138. The highest BCUT2D eigenvalue weighted by molar-refractivity contribution is 5.95. The Bertz CT molecular complexity index is 1730. The Morgan fingerprint density at radius 1 is 0.909 bits per heavy atom. The van der Waals surface area contributed by atoms with E-state index in [9.17, 15) is 9.59 Å². The van der Waals surface area contributed by atoms with Crippen molar-refractivity contribution in [1.82, 2.24) is 10.3 Å². The Kier molecular flexibility index (Phi) is 7.00. The van der Waals surface area contributed by atoms with Crippen molar-refractivity contribution in [3.63, 3.8) is 0 Å². The summed E-state index contributed by atoms with van der Waals surface area (Å²) in [4.78, 5) is 30.5. The fourth-order valence-electron chi connectivity index (χ4n) is 8.33. The van der Waals surface area contributed by atoms with Crippen LogP contribution in [0.5, 0.6) is 5.75 Å². The average Bonchev–Trinajstić information content (AvgIpc) is 3.51. The first-order chi connectivity index (χ1) is 21.5. The molecule has 2 fully saturated rings. The normalized spacial score (nSPS) is 24.9. The number of amides is 2. The number of nitrogens with one attached hydrogen (secondary N) is 2. The van der Waals surface area contributed by atoms with Gasteiger partial charge in [0.25, 0.3) is 0 Å². The summed E-state index contributed by atoms with van der Waals surface area (Å²) in [6.07, 6.45) is 5.24. The predicted molar refractivity (Wildman–Crippen MR) is 173 cm³/mol. The SMILES string of the molecule is COc1ccccc1/C=C/C(=O)N1C[C@H]2[C@]3(c4ccc(C)cc4)CC[C@@H](c4ccccc43)[C@@]2(C(=O)NNc2ccccc2)C1. The van der Waals surface area contributed by atoms with E-state index in [-0.39, 0.29) is 23.7 Å². The van der Waals surface area contributed by atoms with E-state index < -0.39 is 10.8 Å². The van der Waals surface area contributed by atoms with Gasteiger partial charge in [-0.1, -0.05) is 90.5 Å². The Hall–Kier alpha value is -4.84. The molecule has 4 atom stereocenters. The monoisotopic (exact) mass is 583 g/mol. The topological polar surface area (TPSA) is 70.7 Å². The Morgan fingerprint density at radius 2 is 1.64 bits per heavy atom. The number of rotatable bonds is 7. The molecule has 222 valence electrons. The van der Waals surface area contributed by atoms with Gasteiger partial charge in [-0.2, -0.15) is 0 Å². The van der Waals surface area contributed by atoms with Crippen LogP contribution in [0.1, 0.15) is 46.6 Å². The second-order valence-electron chi connectivity index (χ2n) is 12.3. The highest BCUT2D eigenvalue weighted by Crippen LogP contribution is 2.69. The minimum absolute atomic E-state index is 0.00964. The number of fused-ring (bicyclic) bond motifs is 1. The quantitative estimate of drug-likeness (QED) is 0.193. The van der Waals surface area contributed by atoms with Gasteiger partial charge in [0.15, 0.2) is 0 Å². The van der Waals surface area contributed by atoms with Crippen LogP contribution in [0.3, 0.4) is 0 Å². The first-order valence-electron chi connectivity index (χ1n) is 15.4. The third-order valence-electron chi connectivity index (χ3n) is 10.3. The summed E-state index contributed by atoms with van der Waals surface area (Å²) in [5.74, 6) is 0.431. The highest BCUT2D eigenvalue weighted by atomic mass is 16.5. The van der Waals surface area contributed by atoms with Crippen molar-refractivity contribution in [2.24, 2.45) is 11.3 Å². The summed E-state index contributed by atoms with van der Waals surface area (Å²) in [5, 5.41) is 0. The van der Waals surface area contributed by atoms with E-state index in [1.54, 1.807) is 13.2 Å². The van der Waals surface area contributed by atoms with Gasteiger partial charge in [-0.15, -0.1) is 0 Å². The predicted octanol–water partition coefficient (Wildman–Crippen LogP) is 6.48. The number of hydrazine groups is 1. The number of hydrogen-bond acceptors (Lipinski definition) is 4. The summed E-state index contributed by atoms with van der Waals surface area (Å²) in [6.45, 7) is 2.94. The molecule has 0 spiro atoms. The van der Waals surface area contributed by atoms with Crippen LogP contribution >= 0.6 is 0 Å². The third-order valence-corrected chi connectivity index (χ3v) is 10.3. The molecule has 0 unspecified atom stereocenters. The van der Waals surface area contributed by atoms with Crippen molar-refractivity contribution in [2.75, 3.05) is 25.6 Å². The zero-order chi connectivity index (χ0) is 30.3. The minimum atomic E-state index is -0.812. The van der Waals surface area contributed by atoms with Crippen molar-refractivity contribution in [2.45, 2.75) is 31.1 Å². The standard InChI is InChI=1S/C38H37N3O3/c1-26-16-19-28(20-17-26)37-23-22-32(30-13-7-8-14-31(30)37)38(36(43)40-39-29-11-4-3-5-12-29)25-41(24-34(37)38)35(42)21-18-27-10-6-9-15-33(27)44-2/h3-21,32,34,39H,22-25H2,1-2H3,(H,40,43)/b21-18+/t32-,34-,37-,38-/m0/s1. The van der Waals surface area contributed by atoms with Crippen molar-refractivity contribution in [3.05, 3.63) is 137 Å². The maximum absolute atomic E-state index is 14.7. The van der Waals surface area contributed by atoms with Gasteiger partial charge in [0.05, 0.1) is 18.2 Å². The number of nitrogens with zero attached hydrogens (tertiary/aromatic N) is 1. The molecule has 6 nitrogen and oxygen atoms in total. The average molecular weight is 584 g/mol. The number of ether oxygens (including phenoxy) is 1. The Balaban J connectivity index is 1.32. The van der Waals surface area contributed by atoms with E-state index in [1.165, 1.54) is 22.3 Å². The van der Waals surface area contributed by atoms with Crippen LogP contribution in [0, 0.1) is 18.3 Å². The molecule has 1 saturated heterocycles. The van der Waals surface area contributed by atoms with Gasteiger partial charge in [-0.25, -0.2) is 0 Å². The summed E-state index contributed by atoms with van der Waals surface area (Å²) < 4.78 is 5.50. The Morgan fingerprint density at radius 3 is 2.43 bits per heavy atom. The van der Waals surface area contributed by atoms with E-state index in [1.807, 2.05) is 65.6 Å². The fourth-order valence-corrected chi connectivity index (χ4v) is 8.33. The van der Waals surface area contributed by atoms with Crippen LogP contribution in [0.25, 0.3) is 6.08 Å². The smallest absolute Gasteiger partial charge is 0.247 e. The second-order valence-corrected chi connectivity index (χ2v) is 12.3. The number of carbonyl (C=O) groups excluding carboxylic acids is 2. The van der Waals surface area contributed by atoms with E-state index >= 15 is 0 Å². The van der Waals surface area contributed by atoms with Crippen LogP contribution in [0.4, 0.5) is 5.69 Å². The molecule has 1 saturated carbocycles. The van der Waals surface area contributed by atoms with Gasteiger partial charge in [0, 0.05) is 42.0 Å². The van der Waals surface area contributed by atoms with E-state index in [0.717, 1.165) is 24.1 Å². The fraction of sp³-hybridized carbons (Fsp3) is 0.263. The molecule has 2 bridgehead atoms. The van der Waals surface area contributed by atoms with Gasteiger partial charge >= 0.3 is 0 Å². The Labute approximate surface area is 258 Å². The summed E-state index contributed by atoms with van der Waals surface area (Å²) >= 11 is 0. The number of carbonyl (C=O) groups is 2. The molecule has 44 heavy (non-hydrogen) atoms. The number of para-hydroxylation sites is 2. The largest absolute Gasteiger partial charge is 0.496 e. The van der Waals surface area contributed by atoms with E-state index in [2.05, 4.69) is 66.3 Å². The zero-order valence-electron chi connectivity index (χ0n) is 25.1. The van der Waals surface area contributed by atoms with Crippen LogP contribution in [-0.2, 0) is 15.0 Å². The lowest BCUT2D eigenvalue weighted by Gasteiger charge is -2.60. The molecule has 1 aliphatic heterocycles. The zero-order valence-corrected chi connectivity index (χ0v) is 25.1. The molecule has 0 aromatic heterocycles. The van der Waals surface area contributed by atoms with Crippen molar-refractivity contribution in [3.8, 4) is 5.75 Å². The van der Waals surface area contributed by atoms with Gasteiger partial charge in [0.2, 0.25) is 11.8 Å². The van der Waals surface area contributed by atoms with Crippen LogP contribution in [0.2, 0.25) is 0 Å². The van der Waals surface area contributed by atoms with Gasteiger partial charge in [-0.3, -0.25) is 20.4 Å². The van der Waals surface area contributed by atoms with Crippen LogP contribution in [0.15, 0.2) is 109 Å². The highest BCUT2D eigenvalue weighted by Gasteiger charge is 2.70. The van der Waals surface area contributed by atoms with E-state index in [4.69, 9.17) is 4.74 Å². The number of likely N-dealkylation sites (tertiary alicyclic amines) is 1. The lowest BCUT2D eigenvalue weighted by Crippen LogP contribution is -2.63. The molecular formula is C38H37N3O3. The maximum Gasteiger partial charge on any atom is 0.247 e. The number of anilines is 1. The number of methoxy groups -OCH3 is 1. The lowest BCUT2D eigenvalue weighted by atomic mass is 9.42. The van der Waals surface area contributed by atoms with Crippen molar-refractivity contribution >= 4 is 23.6 Å². The van der Waals surface area contributed by atoms with E-state index in [0.29, 0.717) is 18.8 Å². The molecule has 2 amide bonds.